The number of anilines is 1. The Balaban J connectivity index is 1.14. The van der Waals surface area contributed by atoms with E-state index in [-0.39, 0.29) is 29.5 Å². The van der Waals surface area contributed by atoms with Crippen molar-refractivity contribution in [3.05, 3.63) is 64.9 Å². The number of ether oxygens (including phenoxy) is 1. The average molecular weight is 571 g/mol. The number of carbonyl (C=O) groups excluding carboxylic acids is 1. The van der Waals surface area contributed by atoms with E-state index in [4.69, 9.17) is 9.26 Å². The Morgan fingerprint density at radius 1 is 1.15 bits per heavy atom. The lowest BCUT2D eigenvalue weighted by atomic mass is 9.92. The molecule has 11 heteroatoms. The SMILES string of the molecule is Cc1c(C2CCN(c3ccnc(Oc4cc(C(C=O)C(C)C)on4)n3)CC2)sc2nnc(-c3ccccc3O)cc12. The summed E-state index contributed by atoms with van der Waals surface area (Å²) in [6.07, 6.45) is 4.48. The molecule has 4 aromatic heterocycles. The molecule has 1 aliphatic heterocycles. The molecule has 1 N–H and O–H groups in total. The first kappa shape index (κ1) is 26.8. The predicted octanol–water partition coefficient (Wildman–Crippen LogP) is 6.27. The fourth-order valence-electron chi connectivity index (χ4n) is 5.30. The van der Waals surface area contributed by atoms with Crippen LogP contribution >= 0.6 is 11.3 Å². The summed E-state index contributed by atoms with van der Waals surface area (Å²) in [4.78, 5) is 24.7. The second kappa shape index (κ2) is 11.2. The lowest BCUT2D eigenvalue weighted by Crippen LogP contribution is -2.33. The van der Waals surface area contributed by atoms with Crippen molar-refractivity contribution in [1.82, 2.24) is 25.3 Å². The van der Waals surface area contributed by atoms with E-state index in [2.05, 4.69) is 37.1 Å². The monoisotopic (exact) mass is 570 g/mol. The minimum absolute atomic E-state index is 0.0846. The number of aryl methyl sites for hydroxylation is 1. The van der Waals surface area contributed by atoms with Gasteiger partial charge in [-0.05, 0) is 66.6 Å². The highest BCUT2D eigenvalue weighted by molar-refractivity contribution is 7.18. The number of aromatic nitrogens is 5. The van der Waals surface area contributed by atoms with Crippen molar-refractivity contribution < 1.29 is 19.2 Å². The Morgan fingerprint density at radius 2 is 1.95 bits per heavy atom. The van der Waals surface area contributed by atoms with Crippen LogP contribution in [0.5, 0.6) is 17.6 Å². The maximum absolute atomic E-state index is 11.4. The van der Waals surface area contributed by atoms with E-state index >= 15 is 0 Å². The predicted molar refractivity (Wildman–Crippen MR) is 156 cm³/mol. The number of fused-ring (bicyclic) bond motifs is 1. The summed E-state index contributed by atoms with van der Waals surface area (Å²) >= 11 is 1.71. The number of aromatic hydroxyl groups is 1. The highest BCUT2D eigenvalue weighted by Gasteiger charge is 2.26. The number of thiophene rings is 1. The van der Waals surface area contributed by atoms with Crippen molar-refractivity contribution in [2.75, 3.05) is 18.0 Å². The number of piperidine rings is 1. The van der Waals surface area contributed by atoms with Gasteiger partial charge in [-0.15, -0.1) is 21.5 Å². The third-order valence-corrected chi connectivity index (χ3v) is 8.98. The summed E-state index contributed by atoms with van der Waals surface area (Å²) in [6, 6.07) is 12.9. The van der Waals surface area contributed by atoms with Crippen molar-refractivity contribution in [3.63, 3.8) is 0 Å². The maximum Gasteiger partial charge on any atom is 0.325 e. The molecular formula is C30H30N6O4S. The summed E-state index contributed by atoms with van der Waals surface area (Å²) in [7, 11) is 0. The zero-order valence-electron chi connectivity index (χ0n) is 23.0. The van der Waals surface area contributed by atoms with Crippen LogP contribution < -0.4 is 9.64 Å². The van der Waals surface area contributed by atoms with E-state index in [0.29, 0.717) is 22.9 Å². The first-order valence-electron chi connectivity index (χ1n) is 13.6. The zero-order chi connectivity index (χ0) is 28.5. The van der Waals surface area contributed by atoms with E-state index in [0.717, 1.165) is 48.3 Å². The van der Waals surface area contributed by atoms with Gasteiger partial charge in [0.1, 0.15) is 22.7 Å². The number of nitrogens with zero attached hydrogens (tertiary/aromatic N) is 6. The molecule has 5 aromatic rings. The molecule has 0 saturated carbocycles. The van der Waals surface area contributed by atoms with Crippen LogP contribution in [0.1, 0.15) is 54.7 Å². The highest BCUT2D eigenvalue weighted by Crippen LogP contribution is 2.41. The quantitative estimate of drug-likeness (QED) is 0.213. The van der Waals surface area contributed by atoms with Crippen molar-refractivity contribution >= 4 is 33.7 Å². The molecule has 1 atom stereocenters. The van der Waals surface area contributed by atoms with Gasteiger partial charge < -0.3 is 24.1 Å². The van der Waals surface area contributed by atoms with Crippen molar-refractivity contribution in [2.24, 2.45) is 5.92 Å². The zero-order valence-corrected chi connectivity index (χ0v) is 23.8. The Morgan fingerprint density at radius 3 is 2.71 bits per heavy atom. The summed E-state index contributed by atoms with van der Waals surface area (Å²) in [5.41, 5.74) is 2.58. The van der Waals surface area contributed by atoms with Crippen LogP contribution in [0.15, 0.2) is 53.2 Å². The molecular weight excluding hydrogens is 540 g/mol. The Bertz CT molecular complexity index is 1690. The van der Waals surface area contributed by atoms with Gasteiger partial charge >= 0.3 is 6.01 Å². The molecule has 1 fully saturated rings. The van der Waals surface area contributed by atoms with Gasteiger partial charge in [-0.25, -0.2) is 4.98 Å². The number of phenols is 1. The Hall–Kier alpha value is -4.38. The number of carbonyl (C=O) groups is 1. The van der Waals surface area contributed by atoms with Crippen LogP contribution in [-0.2, 0) is 4.79 Å². The minimum Gasteiger partial charge on any atom is -0.507 e. The number of benzene rings is 1. The molecule has 0 aliphatic carbocycles. The van der Waals surface area contributed by atoms with Gasteiger partial charge in [0.05, 0.1) is 11.6 Å². The third-order valence-electron chi connectivity index (χ3n) is 7.62. The molecule has 5 heterocycles. The second-order valence-electron chi connectivity index (χ2n) is 10.6. The maximum atomic E-state index is 11.4. The average Bonchev–Trinajstić information content (AvgIpc) is 3.57. The first-order chi connectivity index (χ1) is 19.9. The van der Waals surface area contributed by atoms with E-state index < -0.39 is 0 Å². The molecule has 1 aliphatic rings. The van der Waals surface area contributed by atoms with E-state index in [1.54, 1.807) is 35.7 Å². The number of para-hydroxylation sites is 1. The molecule has 1 aromatic carbocycles. The number of hydrogen-bond donors (Lipinski definition) is 1. The molecule has 210 valence electrons. The van der Waals surface area contributed by atoms with E-state index in [1.165, 1.54) is 10.4 Å². The van der Waals surface area contributed by atoms with Crippen molar-refractivity contribution in [1.29, 1.82) is 0 Å². The van der Waals surface area contributed by atoms with Crippen molar-refractivity contribution in [3.8, 4) is 28.9 Å². The van der Waals surface area contributed by atoms with Gasteiger partial charge in [0.25, 0.3) is 5.88 Å². The van der Waals surface area contributed by atoms with Crippen LogP contribution in [0.4, 0.5) is 5.82 Å². The first-order valence-corrected chi connectivity index (χ1v) is 14.5. The van der Waals surface area contributed by atoms with Crippen molar-refractivity contribution in [2.45, 2.75) is 45.4 Å². The van der Waals surface area contributed by atoms with Gasteiger partial charge in [0.15, 0.2) is 5.76 Å². The van der Waals surface area contributed by atoms with Crippen LogP contribution in [0, 0.1) is 12.8 Å². The fourth-order valence-corrected chi connectivity index (χ4v) is 6.58. The largest absolute Gasteiger partial charge is 0.507 e. The minimum atomic E-state index is -0.385. The Labute approximate surface area is 241 Å². The van der Waals surface area contributed by atoms with Crippen LogP contribution in [-0.4, -0.2) is 49.8 Å². The fraction of sp³-hybridized carbons (Fsp3) is 0.333. The molecule has 0 bridgehead atoms. The van der Waals surface area contributed by atoms with Crippen LogP contribution in [0.2, 0.25) is 0 Å². The van der Waals surface area contributed by atoms with Gasteiger partial charge in [0, 0.05) is 41.2 Å². The number of aldehydes is 1. The topological polar surface area (TPSA) is 127 Å². The molecule has 1 saturated heterocycles. The molecule has 0 amide bonds. The summed E-state index contributed by atoms with van der Waals surface area (Å²) in [5.74, 6) is 1.78. The van der Waals surface area contributed by atoms with Gasteiger partial charge in [-0.1, -0.05) is 26.0 Å². The van der Waals surface area contributed by atoms with Crippen LogP contribution in [0.3, 0.4) is 0 Å². The van der Waals surface area contributed by atoms with Gasteiger partial charge in [0.2, 0.25) is 0 Å². The molecule has 1 unspecified atom stereocenters. The lowest BCUT2D eigenvalue weighted by Gasteiger charge is -2.32. The van der Waals surface area contributed by atoms with E-state index in [1.807, 2.05) is 38.1 Å². The Kier molecular flexibility index (Phi) is 7.36. The molecule has 10 nitrogen and oxygen atoms in total. The van der Waals surface area contributed by atoms with Crippen LogP contribution in [0.25, 0.3) is 21.5 Å². The number of rotatable bonds is 8. The summed E-state index contributed by atoms with van der Waals surface area (Å²) < 4.78 is 11.1. The standard InChI is InChI=1S/C30H30N6O4S/c1-17(2)22(16-37)25-15-27(35-40-25)39-30-31-11-8-26(32-30)36-12-9-19(10-13-36)28-18(3)21-14-23(33-34-29(21)41-28)20-6-4-5-7-24(20)38/h4-8,11,14-17,19,22,38H,9-10,12-13H2,1-3H3. The number of phenolic OH excluding ortho intramolecular Hbond substituents is 1. The highest BCUT2D eigenvalue weighted by atomic mass is 32.1. The molecule has 41 heavy (non-hydrogen) atoms. The summed E-state index contributed by atoms with van der Waals surface area (Å²) in [6.45, 7) is 7.73. The van der Waals surface area contributed by atoms with E-state index in [9.17, 15) is 9.90 Å². The molecule has 0 spiro atoms. The summed E-state index contributed by atoms with van der Waals surface area (Å²) in [5, 5.41) is 24.2. The molecule has 0 radical (unpaired) electrons. The van der Waals surface area contributed by atoms with Gasteiger partial charge in [-0.2, -0.15) is 4.98 Å². The molecule has 6 rings (SSSR count). The number of hydrogen-bond acceptors (Lipinski definition) is 11. The van der Waals surface area contributed by atoms with Gasteiger partial charge in [-0.3, -0.25) is 0 Å². The lowest BCUT2D eigenvalue weighted by molar-refractivity contribution is -0.110. The third kappa shape index (κ3) is 5.37. The second-order valence-corrected chi connectivity index (χ2v) is 11.6. The normalized spacial score (nSPS) is 15.0. The smallest absolute Gasteiger partial charge is 0.325 e.